The first kappa shape index (κ1) is 19.3. The summed E-state index contributed by atoms with van der Waals surface area (Å²) in [6.45, 7) is 3.33. The van der Waals surface area contributed by atoms with E-state index in [9.17, 15) is 9.90 Å². The van der Waals surface area contributed by atoms with E-state index in [1.165, 1.54) is 12.1 Å². The molecule has 0 bridgehead atoms. The van der Waals surface area contributed by atoms with Crippen LogP contribution in [0.4, 0.5) is 0 Å². The normalized spacial score (nSPS) is 14.9. The van der Waals surface area contributed by atoms with Crippen LogP contribution in [0.3, 0.4) is 0 Å². The molecule has 27 heavy (non-hydrogen) atoms. The number of benzene rings is 2. The number of ether oxygens (including phenoxy) is 2. The van der Waals surface area contributed by atoms with Gasteiger partial charge in [0, 0.05) is 43.3 Å². The van der Waals surface area contributed by atoms with Crippen molar-refractivity contribution in [3.63, 3.8) is 0 Å². The number of phenols is 1. The number of amides is 1. The number of nitrogens with zero attached hydrogens (tertiary/aromatic N) is 2. The van der Waals surface area contributed by atoms with Crippen LogP contribution >= 0.6 is 11.6 Å². The second kappa shape index (κ2) is 8.50. The average Bonchev–Trinajstić information content (AvgIpc) is 2.69. The van der Waals surface area contributed by atoms with Crippen LogP contribution in [0.1, 0.15) is 15.9 Å². The molecule has 1 N–H and O–H groups in total. The van der Waals surface area contributed by atoms with Gasteiger partial charge in [0.05, 0.1) is 19.8 Å². The van der Waals surface area contributed by atoms with Crippen LogP contribution in [0.15, 0.2) is 36.4 Å². The minimum atomic E-state index is -0.200. The van der Waals surface area contributed by atoms with E-state index in [1.807, 2.05) is 18.2 Å². The van der Waals surface area contributed by atoms with E-state index in [0.717, 1.165) is 30.2 Å². The fourth-order valence-electron chi connectivity index (χ4n) is 3.21. The summed E-state index contributed by atoms with van der Waals surface area (Å²) in [7, 11) is 3.29. The van der Waals surface area contributed by atoms with Gasteiger partial charge in [-0.15, -0.1) is 0 Å². The first-order chi connectivity index (χ1) is 13.0. The van der Waals surface area contributed by atoms with E-state index >= 15 is 0 Å². The topological polar surface area (TPSA) is 62.2 Å². The number of aromatic hydroxyl groups is 1. The largest absolute Gasteiger partial charge is 0.507 e. The van der Waals surface area contributed by atoms with Crippen molar-refractivity contribution < 1.29 is 19.4 Å². The van der Waals surface area contributed by atoms with Gasteiger partial charge in [-0.2, -0.15) is 0 Å². The van der Waals surface area contributed by atoms with Gasteiger partial charge < -0.3 is 19.5 Å². The molecule has 7 heteroatoms. The maximum Gasteiger partial charge on any atom is 0.257 e. The molecule has 0 radical (unpaired) electrons. The molecule has 1 aliphatic heterocycles. The van der Waals surface area contributed by atoms with E-state index in [0.29, 0.717) is 24.7 Å². The monoisotopic (exact) mass is 390 g/mol. The fourth-order valence-corrected chi connectivity index (χ4v) is 3.38. The van der Waals surface area contributed by atoms with Crippen molar-refractivity contribution >= 4 is 17.5 Å². The summed E-state index contributed by atoms with van der Waals surface area (Å²) in [5, 5.41) is 10.4. The summed E-state index contributed by atoms with van der Waals surface area (Å²) in [6.07, 6.45) is 0. The lowest BCUT2D eigenvalue weighted by Crippen LogP contribution is -2.48. The molecule has 0 atom stereocenters. The lowest BCUT2D eigenvalue weighted by molar-refractivity contribution is 0.0624. The van der Waals surface area contributed by atoms with Crippen molar-refractivity contribution in [1.82, 2.24) is 9.80 Å². The summed E-state index contributed by atoms with van der Waals surface area (Å²) in [5.41, 5.74) is 1.29. The lowest BCUT2D eigenvalue weighted by Gasteiger charge is -2.35. The Morgan fingerprint density at radius 1 is 1.07 bits per heavy atom. The highest BCUT2D eigenvalue weighted by Gasteiger charge is 2.24. The van der Waals surface area contributed by atoms with Crippen LogP contribution in [0.25, 0.3) is 0 Å². The molecular formula is C20H23ClN2O4. The number of methoxy groups -OCH3 is 2. The fraction of sp³-hybridized carbons (Fsp3) is 0.350. The van der Waals surface area contributed by atoms with E-state index < -0.39 is 0 Å². The van der Waals surface area contributed by atoms with Gasteiger partial charge in [-0.25, -0.2) is 0 Å². The molecule has 0 aromatic heterocycles. The Hall–Kier alpha value is -2.44. The quantitative estimate of drug-likeness (QED) is 0.850. The van der Waals surface area contributed by atoms with Crippen LogP contribution in [0, 0.1) is 0 Å². The van der Waals surface area contributed by atoms with Crippen LogP contribution in [-0.4, -0.2) is 61.2 Å². The molecule has 1 aliphatic rings. The highest BCUT2D eigenvalue weighted by molar-refractivity contribution is 6.31. The van der Waals surface area contributed by atoms with Gasteiger partial charge in [0.1, 0.15) is 17.2 Å². The summed E-state index contributed by atoms with van der Waals surface area (Å²) < 4.78 is 10.7. The Bertz CT molecular complexity index is 820. The van der Waals surface area contributed by atoms with E-state index in [1.54, 1.807) is 25.2 Å². The highest BCUT2D eigenvalue weighted by Crippen LogP contribution is 2.26. The van der Waals surface area contributed by atoms with Crippen molar-refractivity contribution in [2.45, 2.75) is 6.54 Å². The Balaban J connectivity index is 1.64. The molecule has 1 fully saturated rings. The molecule has 144 valence electrons. The second-order valence-electron chi connectivity index (χ2n) is 6.41. The summed E-state index contributed by atoms with van der Waals surface area (Å²) in [4.78, 5) is 16.7. The number of hydrogen-bond donors (Lipinski definition) is 1. The first-order valence-corrected chi connectivity index (χ1v) is 9.10. The third-order valence-corrected chi connectivity index (χ3v) is 4.97. The van der Waals surface area contributed by atoms with Crippen LogP contribution < -0.4 is 9.47 Å². The molecule has 0 saturated carbocycles. The molecule has 1 heterocycles. The van der Waals surface area contributed by atoms with E-state index in [2.05, 4.69) is 4.90 Å². The number of carbonyl (C=O) groups is 1. The predicted molar refractivity (Wildman–Crippen MR) is 104 cm³/mol. The van der Waals surface area contributed by atoms with Crippen LogP contribution in [0.2, 0.25) is 5.02 Å². The molecule has 2 aromatic carbocycles. The Labute approximate surface area is 163 Å². The van der Waals surface area contributed by atoms with Gasteiger partial charge in [-0.05, 0) is 36.4 Å². The minimum absolute atomic E-state index is 0.0482. The SMILES string of the molecule is COc1ccc(OC)c(CN2CCN(C(=O)c3cc(Cl)ccc3O)CC2)c1. The lowest BCUT2D eigenvalue weighted by atomic mass is 10.1. The molecule has 0 aliphatic carbocycles. The average molecular weight is 391 g/mol. The van der Waals surface area contributed by atoms with Gasteiger partial charge >= 0.3 is 0 Å². The molecule has 2 aromatic rings. The Kier molecular flexibility index (Phi) is 6.08. The summed E-state index contributed by atoms with van der Waals surface area (Å²) >= 11 is 5.95. The van der Waals surface area contributed by atoms with Crippen molar-refractivity contribution in [3.8, 4) is 17.2 Å². The number of hydrogen-bond acceptors (Lipinski definition) is 5. The zero-order chi connectivity index (χ0) is 19.4. The minimum Gasteiger partial charge on any atom is -0.507 e. The highest BCUT2D eigenvalue weighted by atomic mass is 35.5. The zero-order valence-electron chi connectivity index (χ0n) is 15.4. The third-order valence-electron chi connectivity index (χ3n) is 4.73. The van der Waals surface area contributed by atoms with E-state index in [4.69, 9.17) is 21.1 Å². The predicted octanol–water partition coefficient (Wildman–Crippen LogP) is 3.02. The van der Waals surface area contributed by atoms with Crippen LogP contribution in [0.5, 0.6) is 17.2 Å². The van der Waals surface area contributed by atoms with Crippen molar-refractivity contribution in [1.29, 1.82) is 0 Å². The summed E-state index contributed by atoms with van der Waals surface area (Å²) in [5.74, 6) is 1.36. The standard InChI is InChI=1S/C20H23ClN2O4/c1-26-16-4-6-19(27-2)14(11-16)13-22-7-9-23(10-8-22)20(25)17-12-15(21)3-5-18(17)24/h3-6,11-12,24H,7-10,13H2,1-2H3. The van der Waals surface area contributed by atoms with E-state index in [-0.39, 0.29) is 17.2 Å². The van der Waals surface area contributed by atoms with Gasteiger partial charge in [0.25, 0.3) is 5.91 Å². The third kappa shape index (κ3) is 4.46. The zero-order valence-corrected chi connectivity index (χ0v) is 16.2. The second-order valence-corrected chi connectivity index (χ2v) is 6.84. The summed E-state index contributed by atoms with van der Waals surface area (Å²) in [6, 6.07) is 10.3. The molecule has 0 unspecified atom stereocenters. The molecule has 1 saturated heterocycles. The maximum atomic E-state index is 12.7. The number of phenolic OH excluding ortho intramolecular Hbond substituents is 1. The molecule has 3 rings (SSSR count). The van der Waals surface area contributed by atoms with Gasteiger partial charge in [0.2, 0.25) is 0 Å². The molecule has 6 nitrogen and oxygen atoms in total. The number of carbonyl (C=O) groups excluding carboxylic acids is 1. The van der Waals surface area contributed by atoms with Crippen molar-refractivity contribution in [3.05, 3.63) is 52.5 Å². The van der Waals surface area contributed by atoms with Crippen molar-refractivity contribution in [2.24, 2.45) is 0 Å². The molecule has 0 spiro atoms. The molecule has 1 amide bonds. The first-order valence-electron chi connectivity index (χ1n) is 8.73. The van der Waals surface area contributed by atoms with Crippen molar-refractivity contribution in [2.75, 3.05) is 40.4 Å². The number of halogens is 1. The number of piperazine rings is 1. The van der Waals surface area contributed by atoms with Crippen LogP contribution in [-0.2, 0) is 6.54 Å². The molecular weight excluding hydrogens is 368 g/mol. The van der Waals surface area contributed by atoms with Gasteiger partial charge in [-0.1, -0.05) is 11.6 Å². The Morgan fingerprint density at radius 3 is 2.48 bits per heavy atom. The smallest absolute Gasteiger partial charge is 0.257 e. The van der Waals surface area contributed by atoms with Gasteiger partial charge in [-0.3, -0.25) is 9.69 Å². The van der Waals surface area contributed by atoms with Gasteiger partial charge in [0.15, 0.2) is 0 Å². The Morgan fingerprint density at radius 2 is 1.81 bits per heavy atom. The maximum absolute atomic E-state index is 12.7. The number of rotatable bonds is 5.